The molecule has 0 amide bonds. The van der Waals surface area contributed by atoms with Crippen molar-refractivity contribution in [2.75, 3.05) is 46.1 Å². The highest BCUT2D eigenvalue weighted by atomic mass is 35.5. The van der Waals surface area contributed by atoms with Gasteiger partial charge in [0.15, 0.2) is 0 Å². The van der Waals surface area contributed by atoms with Crippen LogP contribution < -0.4 is 4.74 Å². The number of ether oxygens (including phenoxy) is 7. The molecule has 2 fully saturated rings. The van der Waals surface area contributed by atoms with Crippen LogP contribution in [0.2, 0.25) is 5.02 Å². The molecule has 2 aliphatic heterocycles. The first-order chi connectivity index (χ1) is 28.5. The lowest BCUT2D eigenvalue weighted by molar-refractivity contribution is -0.273. The summed E-state index contributed by atoms with van der Waals surface area (Å²) in [5, 5.41) is 0.643. The highest BCUT2D eigenvalue weighted by Gasteiger charge is 2.49. The fraction of sp³-hybridized carbons (Fsp3) is 0.354. The maximum absolute atomic E-state index is 13.3. The van der Waals surface area contributed by atoms with Gasteiger partial charge >= 0.3 is 5.97 Å². The standard InChI is InChI=1S/C48H52ClNO8/c1-2-53-41-21-18-35(19-22-41)28-40-29-39(20-23-42(40)49)45-47(56-32-37-14-8-4-9-15-37)48(57-33-38-16-10-5-11-17-38)46(55-31-36-12-6-3-7-13-36)43(58-45)34-54-44(51)30-50-24-26-52-27-25-50/h3-23,29,43,45-48H,2,24-28,30-34H2,1H3/t43-,45+,46-,47+,48+/m1/s1. The summed E-state index contributed by atoms with van der Waals surface area (Å²) in [6.45, 7) is 6.13. The third-order valence-corrected chi connectivity index (χ3v) is 10.8. The molecule has 0 aliphatic carbocycles. The molecule has 0 unspecified atom stereocenters. The second-order valence-electron chi connectivity index (χ2n) is 14.6. The summed E-state index contributed by atoms with van der Waals surface area (Å²) < 4.78 is 44.9. The molecule has 0 aromatic heterocycles. The van der Waals surface area contributed by atoms with Crippen LogP contribution in [0.4, 0.5) is 0 Å². The van der Waals surface area contributed by atoms with Crippen molar-refractivity contribution < 1.29 is 38.0 Å². The van der Waals surface area contributed by atoms with Crippen LogP contribution >= 0.6 is 11.6 Å². The average Bonchev–Trinajstić information content (AvgIpc) is 3.26. The van der Waals surface area contributed by atoms with Gasteiger partial charge in [0, 0.05) is 18.1 Å². The number of esters is 1. The summed E-state index contributed by atoms with van der Waals surface area (Å²) in [5.41, 5.74) is 5.90. The topological polar surface area (TPSA) is 84.9 Å². The van der Waals surface area contributed by atoms with Gasteiger partial charge in [0.25, 0.3) is 0 Å². The number of carbonyl (C=O) groups is 1. The van der Waals surface area contributed by atoms with Crippen molar-refractivity contribution in [3.8, 4) is 5.75 Å². The Labute approximate surface area is 346 Å². The molecule has 0 bridgehead atoms. The predicted molar refractivity (Wildman–Crippen MR) is 223 cm³/mol. The van der Waals surface area contributed by atoms with Crippen molar-refractivity contribution in [2.24, 2.45) is 0 Å². The zero-order chi connectivity index (χ0) is 39.9. The van der Waals surface area contributed by atoms with Gasteiger partial charge in [0.05, 0.1) is 46.2 Å². The maximum atomic E-state index is 13.3. The first-order valence-corrected chi connectivity index (χ1v) is 20.5. The molecule has 304 valence electrons. The van der Waals surface area contributed by atoms with Gasteiger partial charge < -0.3 is 33.2 Å². The molecule has 10 heteroatoms. The Morgan fingerprint density at radius 1 is 0.690 bits per heavy atom. The van der Waals surface area contributed by atoms with Crippen LogP contribution in [-0.4, -0.2) is 81.3 Å². The van der Waals surface area contributed by atoms with E-state index in [0.29, 0.717) is 64.2 Å². The normalized spacial score (nSPS) is 21.0. The molecule has 5 aromatic rings. The lowest BCUT2D eigenvalue weighted by Gasteiger charge is -2.46. The van der Waals surface area contributed by atoms with Gasteiger partial charge in [-0.05, 0) is 64.9 Å². The summed E-state index contributed by atoms with van der Waals surface area (Å²) in [6, 6.07) is 44.1. The van der Waals surface area contributed by atoms with Crippen molar-refractivity contribution in [2.45, 2.75) is 63.7 Å². The van der Waals surface area contributed by atoms with Gasteiger partial charge in [-0.3, -0.25) is 9.69 Å². The summed E-state index contributed by atoms with van der Waals surface area (Å²) in [5.74, 6) is 0.486. The number of nitrogens with zero attached hydrogens (tertiary/aromatic N) is 1. The lowest BCUT2D eigenvalue weighted by Crippen LogP contribution is -2.58. The first-order valence-electron chi connectivity index (χ1n) is 20.1. The smallest absolute Gasteiger partial charge is 0.320 e. The van der Waals surface area contributed by atoms with Gasteiger partial charge in [-0.2, -0.15) is 0 Å². The Hall–Kier alpha value is -4.58. The van der Waals surface area contributed by atoms with E-state index < -0.39 is 30.5 Å². The number of hydrogen-bond donors (Lipinski definition) is 0. The zero-order valence-electron chi connectivity index (χ0n) is 33.0. The number of benzene rings is 5. The number of carbonyl (C=O) groups excluding carboxylic acids is 1. The second-order valence-corrected chi connectivity index (χ2v) is 15.0. The van der Waals surface area contributed by atoms with E-state index in [9.17, 15) is 4.79 Å². The Morgan fingerprint density at radius 2 is 1.26 bits per heavy atom. The van der Waals surface area contributed by atoms with Crippen LogP contribution in [0.1, 0.15) is 46.4 Å². The largest absolute Gasteiger partial charge is 0.494 e. The third kappa shape index (κ3) is 11.8. The molecular weight excluding hydrogens is 754 g/mol. The number of hydrogen-bond acceptors (Lipinski definition) is 9. The average molecular weight is 806 g/mol. The van der Waals surface area contributed by atoms with E-state index in [4.69, 9.17) is 44.8 Å². The van der Waals surface area contributed by atoms with E-state index >= 15 is 0 Å². The molecule has 7 rings (SSSR count). The molecule has 5 atom stereocenters. The van der Waals surface area contributed by atoms with Crippen molar-refractivity contribution in [1.29, 1.82) is 0 Å². The Balaban J connectivity index is 1.24. The monoisotopic (exact) mass is 805 g/mol. The molecule has 0 N–H and O–H groups in total. The maximum Gasteiger partial charge on any atom is 0.320 e. The second kappa shape index (κ2) is 21.4. The SMILES string of the molecule is CCOc1ccc(Cc2cc([C@@H]3O[C@H](COC(=O)CN4CCOCC4)[C@@H](OCc4ccccc4)[C@H](OCc4ccccc4)[C@H]3OCc3ccccc3)ccc2Cl)cc1. The Bertz CT molecular complexity index is 1980. The molecular formula is C48H52ClNO8. The number of morpholine rings is 1. The number of halogens is 1. The summed E-state index contributed by atoms with van der Waals surface area (Å²) in [4.78, 5) is 15.4. The summed E-state index contributed by atoms with van der Waals surface area (Å²) in [6.07, 6.45) is -2.69. The third-order valence-electron chi connectivity index (χ3n) is 10.4. The van der Waals surface area contributed by atoms with E-state index in [1.807, 2.05) is 127 Å². The van der Waals surface area contributed by atoms with E-state index in [2.05, 4.69) is 18.2 Å². The molecule has 9 nitrogen and oxygen atoms in total. The van der Waals surface area contributed by atoms with E-state index in [-0.39, 0.29) is 19.1 Å². The van der Waals surface area contributed by atoms with Crippen molar-refractivity contribution >= 4 is 17.6 Å². The quantitative estimate of drug-likeness (QED) is 0.0812. The van der Waals surface area contributed by atoms with Crippen LogP contribution in [-0.2, 0) is 59.5 Å². The minimum atomic E-state index is -0.704. The van der Waals surface area contributed by atoms with Gasteiger partial charge in [-0.15, -0.1) is 0 Å². The highest BCUT2D eigenvalue weighted by Crippen LogP contribution is 2.40. The first kappa shape index (κ1) is 41.6. The Morgan fingerprint density at radius 3 is 1.84 bits per heavy atom. The number of rotatable bonds is 18. The summed E-state index contributed by atoms with van der Waals surface area (Å²) in [7, 11) is 0. The van der Waals surface area contributed by atoms with Gasteiger partial charge in [0.2, 0.25) is 0 Å². The van der Waals surface area contributed by atoms with Crippen molar-refractivity contribution in [1.82, 2.24) is 4.90 Å². The van der Waals surface area contributed by atoms with Crippen LogP contribution in [0.25, 0.3) is 0 Å². The van der Waals surface area contributed by atoms with E-state index in [0.717, 1.165) is 39.1 Å². The minimum Gasteiger partial charge on any atom is -0.494 e. The van der Waals surface area contributed by atoms with E-state index in [1.54, 1.807) is 0 Å². The summed E-state index contributed by atoms with van der Waals surface area (Å²) >= 11 is 6.89. The fourth-order valence-corrected chi connectivity index (χ4v) is 7.53. The zero-order valence-corrected chi connectivity index (χ0v) is 33.7. The van der Waals surface area contributed by atoms with Crippen molar-refractivity contribution in [3.63, 3.8) is 0 Å². The van der Waals surface area contributed by atoms with Crippen LogP contribution in [0, 0.1) is 0 Å². The van der Waals surface area contributed by atoms with Gasteiger partial charge in [-0.1, -0.05) is 127 Å². The molecule has 58 heavy (non-hydrogen) atoms. The highest BCUT2D eigenvalue weighted by molar-refractivity contribution is 6.31. The predicted octanol–water partition coefficient (Wildman–Crippen LogP) is 8.40. The molecule has 0 spiro atoms. The van der Waals surface area contributed by atoms with Crippen LogP contribution in [0.3, 0.4) is 0 Å². The van der Waals surface area contributed by atoms with Gasteiger partial charge in [-0.25, -0.2) is 0 Å². The minimum absolute atomic E-state index is 0.0393. The Kier molecular flexibility index (Phi) is 15.4. The van der Waals surface area contributed by atoms with E-state index in [1.165, 1.54) is 0 Å². The molecule has 0 radical (unpaired) electrons. The van der Waals surface area contributed by atoms with Crippen molar-refractivity contribution in [3.05, 3.63) is 172 Å². The lowest BCUT2D eigenvalue weighted by atomic mass is 9.89. The van der Waals surface area contributed by atoms with Crippen LogP contribution in [0.15, 0.2) is 133 Å². The molecule has 2 saturated heterocycles. The molecule has 0 saturated carbocycles. The van der Waals surface area contributed by atoms with Crippen LogP contribution in [0.5, 0.6) is 5.75 Å². The fourth-order valence-electron chi connectivity index (χ4n) is 7.35. The molecule has 5 aromatic carbocycles. The molecule has 2 aliphatic rings. The molecule has 2 heterocycles. The van der Waals surface area contributed by atoms with Gasteiger partial charge in [0.1, 0.15) is 42.9 Å².